The van der Waals surface area contributed by atoms with Crippen molar-refractivity contribution >= 4 is 47.4 Å². The molecule has 0 aliphatic carbocycles. The quantitative estimate of drug-likeness (QED) is 0.361. The standard InChI is InChI=1S/C19H29ClN4O.HI/c1-3-21-19(23-14-16-7-9-17(20)10-8-16)22-12-11-18(25)24-13-5-4-6-15(24)2;/h7-10,15H,3-6,11-14H2,1-2H3,(H2,21,22,23);1H. The van der Waals surface area contributed by atoms with E-state index in [0.29, 0.717) is 25.6 Å². The Kier molecular flexibility index (Phi) is 11.0. The summed E-state index contributed by atoms with van der Waals surface area (Å²) in [6.45, 7) is 7.01. The number of carbonyl (C=O) groups excluding carboxylic acids is 1. The molecule has 0 radical (unpaired) electrons. The van der Waals surface area contributed by atoms with E-state index in [0.717, 1.165) is 42.5 Å². The summed E-state index contributed by atoms with van der Waals surface area (Å²) in [5.41, 5.74) is 1.10. The fourth-order valence-corrected chi connectivity index (χ4v) is 3.13. The number of carbonyl (C=O) groups is 1. The van der Waals surface area contributed by atoms with Gasteiger partial charge in [0.15, 0.2) is 5.96 Å². The molecule has 1 atom stereocenters. The summed E-state index contributed by atoms with van der Waals surface area (Å²) in [6, 6.07) is 8.04. The maximum absolute atomic E-state index is 12.4. The molecule has 1 amide bonds. The molecule has 2 N–H and O–H groups in total. The number of hydrogen-bond acceptors (Lipinski definition) is 2. The van der Waals surface area contributed by atoms with Crippen molar-refractivity contribution in [2.24, 2.45) is 4.99 Å². The van der Waals surface area contributed by atoms with Crippen molar-refractivity contribution in [1.29, 1.82) is 0 Å². The fraction of sp³-hybridized carbons (Fsp3) is 0.579. The molecule has 0 aromatic heterocycles. The van der Waals surface area contributed by atoms with Crippen LogP contribution in [0.4, 0.5) is 0 Å². The monoisotopic (exact) mass is 492 g/mol. The van der Waals surface area contributed by atoms with Gasteiger partial charge in [-0.1, -0.05) is 23.7 Å². The Morgan fingerprint density at radius 2 is 2.00 bits per heavy atom. The van der Waals surface area contributed by atoms with E-state index in [4.69, 9.17) is 11.6 Å². The number of guanidine groups is 1. The highest BCUT2D eigenvalue weighted by molar-refractivity contribution is 14.0. The Hall–Kier alpha value is -1.02. The second kappa shape index (κ2) is 12.4. The second-order valence-electron chi connectivity index (χ2n) is 6.43. The first-order chi connectivity index (χ1) is 12.1. The summed E-state index contributed by atoms with van der Waals surface area (Å²) >= 11 is 5.90. The zero-order valence-corrected chi connectivity index (χ0v) is 18.7. The van der Waals surface area contributed by atoms with Gasteiger partial charge in [-0.25, -0.2) is 4.99 Å². The molecule has 1 aromatic rings. The normalized spacial score (nSPS) is 17.4. The molecule has 5 nitrogen and oxygen atoms in total. The van der Waals surface area contributed by atoms with Crippen molar-refractivity contribution < 1.29 is 4.79 Å². The zero-order valence-electron chi connectivity index (χ0n) is 15.6. The van der Waals surface area contributed by atoms with Gasteiger partial charge < -0.3 is 15.5 Å². The van der Waals surface area contributed by atoms with Crippen LogP contribution in [0.3, 0.4) is 0 Å². The van der Waals surface area contributed by atoms with E-state index in [2.05, 4.69) is 22.5 Å². The molecule has 1 aliphatic rings. The van der Waals surface area contributed by atoms with Crippen molar-refractivity contribution in [3.05, 3.63) is 34.9 Å². The Morgan fingerprint density at radius 1 is 1.27 bits per heavy atom. The van der Waals surface area contributed by atoms with Gasteiger partial charge in [0.2, 0.25) is 5.91 Å². The summed E-state index contributed by atoms with van der Waals surface area (Å²) in [5.74, 6) is 0.963. The number of amides is 1. The molecule has 1 fully saturated rings. The zero-order chi connectivity index (χ0) is 18.1. The van der Waals surface area contributed by atoms with E-state index in [1.54, 1.807) is 0 Å². The van der Waals surface area contributed by atoms with E-state index >= 15 is 0 Å². The molecule has 2 rings (SSSR count). The van der Waals surface area contributed by atoms with Crippen LogP contribution < -0.4 is 10.6 Å². The van der Waals surface area contributed by atoms with Crippen molar-refractivity contribution in [2.75, 3.05) is 19.6 Å². The number of aliphatic imine (C=N–C) groups is 1. The third-order valence-electron chi connectivity index (χ3n) is 4.43. The van der Waals surface area contributed by atoms with Gasteiger partial charge >= 0.3 is 0 Å². The molecular weight excluding hydrogens is 463 g/mol. The first kappa shape index (κ1) is 23.0. The molecule has 0 bridgehead atoms. The van der Waals surface area contributed by atoms with E-state index in [1.807, 2.05) is 36.1 Å². The number of hydrogen-bond donors (Lipinski definition) is 2. The summed E-state index contributed by atoms with van der Waals surface area (Å²) in [4.78, 5) is 19.0. The van der Waals surface area contributed by atoms with Gasteiger partial charge in [-0.3, -0.25) is 4.79 Å². The molecular formula is C19H30ClIN4O. The van der Waals surface area contributed by atoms with E-state index in [1.165, 1.54) is 6.42 Å². The van der Waals surface area contributed by atoms with Crippen molar-refractivity contribution in [3.8, 4) is 0 Å². The number of piperidine rings is 1. The van der Waals surface area contributed by atoms with Crippen molar-refractivity contribution in [3.63, 3.8) is 0 Å². The minimum absolute atomic E-state index is 0. The number of likely N-dealkylation sites (tertiary alicyclic amines) is 1. The minimum atomic E-state index is 0. The maximum atomic E-state index is 12.4. The lowest BCUT2D eigenvalue weighted by Crippen LogP contribution is -2.44. The molecule has 1 unspecified atom stereocenters. The number of halogens is 2. The van der Waals surface area contributed by atoms with Crippen LogP contribution in [0, 0.1) is 0 Å². The third-order valence-corrected chi connectivity index (χ3v) is 4.68. The molecule has 0 saturated carbocycles. The van der Waals surface area contributed by atoms with Crippen LogP contribution in [0.5, 0.6) is 0 Å². The summed E-state index contributed by atoms with van der Waals surface area (Å²) in [5, 5.41) is 7.19. The Morgan fingerprint density at radius 3 is 2.65 bits per heavy atom. The van der Waals surface area contributed by atoms with Crippen LogP contribution in [-0.4, -0.2) is 42.4 Å². The van der Waals surface area contributed by atoms with Crippen LogP contribution in [0.1, 0.15) is 45.1 Å². The highest BCUT2D eigenvalue weighted by atomic mass is 127. The number of nitrogens with zero attached hydrogens (tertiary/aromatic N) is 2. The van der Waals surface area contributed by atoms with Crippen LogP contribution in [-0.2, 0) is 11.3 Å². The van der Waals surface area contributed by atoms with Gasteiger partial charge in [0.1, 0.15) is 0 Å². The highest BCUT2D eigenvalue weighted by Gasteiger charge is 2.22. The fourth-order valence-electron chi connectivity index (χ4n) is 3.00. The topological polar surface area (TPSA) is 56.7 Å². The number of rotatable bonds is 6. The Labute approximate surface area is 179 Å². The predicted octanol–water partition coefficient (Wildman–Crippen LogP) is 3.80. The average molecular weight is 493 g/mol. The highest BCUT2D eigenvalue weighted by Crippen LogP contribution is 2.17. The molecule has 7 heteroatoms. The second-order valence-corrected chi connectivity index (χ2v) is 6.87. The molecule has 0 spiro atoms. The molecule has 146 valence electrons. The van der Waals surface area contributed by atoms with Crippen LogP contribution in [0.15, 0.2) is 29.3 Å². The molecule has 26 heavy (non-hydrogen) atoms. The van der Waals surface area contributed by atoms with E-state index in [9.17, 15) is 4.79 Å². The van der Waals surface area contributed by atoms with Gasteiger partial charge in [0.05, 0.1) is 6.54 Å². The molecule has 1 saturated heterocycles. The number of benzene rings is 1. The van der Waals surface area contributed by atoms with Crippen molar-refractivity contribution in [1.82, 2.24) is 15.5 Å². The molecule has 1 aliphatic heterocycles. The predicted molar refractivity (Wildman–Crippen MR) is 119 cm³/mol. The molecule has 1 aromatic carbocycles. The maximum Gasteiger partial charge on any atom is 0.224 e. The van der Waals surface area contributed by atoms with Gasteiger partial charge in [-0.05, 0) is 50.8 Å². The largest absolute Gasteiger partial charge is 0.357 e. The SMILES string of the molecule is CCNC(=NCc1ccc(Cl)cc1)NCCC(=O)N1CCCCC1C.I. The van der Waals surface area contributed by atoms with E-state index < -0.39 is 0 Å². The Bertz CT molecular complexity index is 579. The smallest absolute Gasteiger partial charge is 0.224 e. The first-order valence-electron chi connectivity index (χ1n) is 9.16. The average Bonchev–Trinajstić information content (AvgIpc) is 2.61. The third kappa shape index (κ3) is 7.70. The van der Waals surface area contributed by atoms with Gasteiger partial charge in [0.25, 0.3) is 0 Å². The summed E-state index contributed by atoms with van der Waals surface area (Å²) < 4.78 is 0. The lowest BCUT2D eigenvalue weighted by Gasteiger charge is -2.33. The lowest BCUT2D eigenvalue weighted by atomic mass is 10.0. The number of nitrogens with one attached hydrogen (secondary N) is 2. The van der Waals surface area contributed by atoms with Crippen LogP contribution in [0.25, 0.3) is 0 Å². The molecule has 1 heterocycles. The van der Waals surface area contributed by atoms with Crippen molar-refractivity contribution in [2.45, 2.75) is 52.1 Å². The Balaban J connectivity index is 0.00000338. The van der Waals surface area contributed by atoms with Gasteiger partial charge in [-0.15, -0.1) is 24.0 Å². The van der Waals surface area contributed by atoms with E-state index in [-0.39, 0.29) is 29.9 Å². The summed E-state index contributed by atoms with van der Waals surface area (Å²) in [6.07, 6.45) is 3.96. The summed E-state index contributed by atoms with van der Waals surface area (Å²) in [7, 11) is 0. The first-order valence-corrected chi connectivity index (χ1v) is 9.54. The van der Waals surface area contributed by atoms with Crippen LogP contribution in [0.2, 0.25) is 5.02 Å². The van der Waals surface area contributed by atoms with Gasteiger partial charge in [-0.2, -0.15) is 0 Å². The van der Waals surface area contributed by atoms with Crippen LogP contribution >= 0.6 is 35.6 Å². The lowest BCUT2D eigenvalue weighted by molar-refractivity contribution is -0.134. The minimum Gasteiger partial charge on any atom is -0.357 e. The van der Waals surface area contributed by atoms with Gasteiger partial charge in [0, 0.05) is 37.1 Å².